The fourth-order valence-electron chi connectivity index (χ4n) is 2.42. The summed E-state index contributed by atoms with van der Waals surface area (Å²) in [6, 6.07) is 11.5. The SMILES string of the molecule is CC(C)NC(=O)Cn1cc(-c2ccccc2)c(N(C)C)cc1=O. The molecule has 0 aliphatic rings. The topological polar surface area (TPSA) is 54.3 Å². The summed E-state index contributed by atoms with van der Waals surface area (Å²) in [7, 11) is 3.80. The Balaban J connectivity index is 2.46. The maximum atomic E-state index is 12.3. The van der Waals surface area contributed by atoms with Gasteiger partial charge in [0.2, 0.25) is 5.91 Å². The Hall–Kier alpha value is -2.56. The van der Waals surface area contributed by atoms with Gasteiger partial charge in [-0.15, -0.1) is 0 Å². The van der Waals surface area contributed by atoms with Crippen LogP contribution in [0, 0.1) is 0 Å². The molecule has 2 aromatic rings. The van der Waals surface area contributed by atoms with Crippen molar-refractivity contribution in [1.29, 1.82) is 0 Å². The van der Waals surface area contributed by atoms with E-state index in [0.717, 1.165) is 16.8 Å². The second-order valence-electron chi connectivity index (χ2n) is 6.02. The van der Waals surface area contributed by atoms with Gasteiger partial charge >= 0.3 is 0 Å². The number of hydrogen-bond acceptors (Lipinski definition) is 3. The molecule has 1 aromatic carbocycles. The van der Waals surface area contributed by atoms with Crippen molar-refractivity contribution in [2.45, 2.75) is 26.4 Å². The molecule has 0 unspecified atom stereocenters. The van der Waals surface area contributed by atoms with Crippen LogP contribution in [0.3, 0.4) is 0 Å². The average molecular weight is 313 g/mol. The van der Waals surface area contributed by atoms with Crippen molar-refractivity contribution in [3.8, 4) is 11.1 Å². The number of benzene rings is 1. The predicted octanol–water partition coefficient (Wildman–Crippen LogP) is 2.11. The normalized spacial score (nSPS) is 10.7. The number of anilines is 1. The van der Waals surface area contributed by atoms with E-state index in [1.165, 1.54) is 4.57 Å². The van der Waals surface area contributed by atoms with E-state index in [0.29, 0.717) is 0 Å². The molecular formula is C18H23N3O2. The van der Waals surface area contributed by atoms with Crippen molar-refractivity contribution in [3.05, 3.63) is 52.9 Å². The first-order valence-corrected chi connectivity index (χ1v) is 7.65. The smallest absolute Gasteiger partial charge is 0.253 e. The quantitative estimate of drug-likeness (QED) is 0.920. The maximum Gasteiger partial charge on any atom is 0.253 e. The highest BCUT2D eigenvalue weighted by molar-refractivity contribution is 5.79. The number of pyridine rings is 1. The van der Waals surface area contributed by atoms with Crippen molar-refractivity contribution in [2.24, 2.45) is 0 Å². The Morgan fingerprint density at radius 3 is 2.43 bits per heavy atom. The van der Waals surface area contributed by atoms with Gasteiger partial charge in [0.25, 0.3) is 5.56 Å². The zero-order valence-electron chi connectivity index (χ0n) is 14.0. The van der Waals surface area contributed by atoms with Crippen molar-refractivity contribution in [2.75, 3.05) is 19.0 Å². The summed E-state index contributed by atoms with van der Waals surface area (Å²) in [5, 5.41) is 2.81. The lowest BCUT2D eigenvalue weighted by Crippen LogP contribution is -2.36. The van der Waals surface area contributed by atoms with Crippen LogP contribution in [0.4, 0.5) is 5.69 Å². The molecule has 1 N–H and O–H groups in total. The molecule has 0 radical (unpaired) electrons. The summed E-state index contributed by atoms with van der Waals surface area (Å²) >= 11 is 0. The minimum Gasteiger partial charge on any atom is -0.377 e. The van der Waals surface area contributed by atoms with Crippen LogP contribution in [0.5, 0.6) is 0 Å². The van der Waals surface area contributed by atoms with Gasteiger partial charge in [0, 0.05) is 38.0 Å². The van der Waals surface area contributed by atoms with Gasteiger partial charge in [0.1, 0.15) is 6.54 Å². The number of amides is 1. The van der Waals surface area contributed by atoms with Gasteiger partial charge in [-0.1, -0.05) is 30.3 Å². The summed E-state index contributed by atoms with van der Waals surface area (Å²) in [4.78, 5) is 26.2. The summed E-state index contributed by atoms with van der Waals surface area (Å²) in [5.74, 6) is -0.168. The third-order valence-corrected chi connectivity index (χ3v) is 3.43. The monoisotopic (exact) mass is 313 g/mol. The van der Waals surface area contributed by atoms with Crippen LogP contribution in [-0.2, 0) is 11.3 Å². The lowest BCUT2D eigenvalue weighted by molar-refractivity contribution is -0.122. The molecule has 122 valence electrons. The molecule has 0 atom stereocenters. The van der Waals surface area contributed by atoms with E-state index in [-0.39, 0.29) is 24.1 Å². The van der Waals surface area contributed by atoms with Crippen LogP contribution in [0.15, 0.2) is 47.4 Å². The molecule has 0 fully saturated rings. The summed E-state index contributed by atoms with van der Waals surface area (Å²) in [6.07, 6.45) is 1.76. The highest BCUT2D eigenvalue weighted by Crippen LogP contribution is 2.27. The second kappa shape index (κ2) is 7.13. The van der Waals surface area contributed by atoms with Crippen molar-refractivity contribution in [3.63, 3.8) is 0 Å². The minimum absolute atomic E-state index is 0.0184. The van der Waals surface area contributed by atoms with Crippen molar-refractivity contribution < 1.29 is 4.79 Å². The summed E-state index contributed by atoms with van der Waals surface area (Å²) in [6.45, 7) is 3.81. The largest absolute Gasteiger partial charge is 0.377 e. The Bertz CT molecular complexity index is 734. The van der Waals surface area contributed by atoms with Crippen LogP contribution in [0.2, 0.25) is 0 Å². The molecule has 0 aliphatic carbocycles. The predicted molar refractivity (Wildman–Crippen MR) is 93.7 cm³/mol. The molecule has 1 heterocycles. The van der Waals surface area contributed by atoms with Crippen molar-refractivity contribution in [1.82, 2.24) is 9.88 Å². The minimum atomic E-state index is -0.188. The molecule has 2 rings (SSSR count). The second-order valence-corrected chi connectivity index (χ2v) is 6.02. The molecule has 0 bridgehead atoms. The number of carbonyl (C=O) groups excluding carboxylic acids is 1. The number of aromatic nitrogens is 1. The third kappa shape index (κ3) is 4.22. The standard InChI is InChI=1S/C18H23N3O2/c1-13(2)19-17(22)12-21-11-15(14-8-6-5-7-9-14)16(20(3)4)10-18(21)23/h5-11,13H,12H2,1-4H3,(H,19,22). The molecular weight excluding hydrogens is 290 g/mol. The van der Waals surface area contributed by atoms with Crippen LogP contribution >= 0.6 is 0 Å². The van der Waals surface area contributed by atoms with E-state index in [1.807, 2.05) is 63.2 Å². The molecule has 5 nitrogen and oxygen atoms in total. The van der Waals surface area contributed by atoms with Crippen LogP contribution < -0.4 is 15.8 Å². The number of rotatable bonds is 5. The molecule has 0 aliphatic heterocycles. The number of carbonyl (C=O) groups is 1. The average Bonchev–Trinajstić information content (AvgIpc) is 2.48. The Kier molecular flexibility index (Phi) is 5.21. The van der Waals surface area contributed by atoms with E-state index in [4.69, 9.17) is 0 Å². The molecule has 0 saturated heterocycles. The van der Waals surface area contributed by atoms with E-state index >= 15 is 0 Å². The fraction of sp³-hybridized carbons (Fsp3) is 0.333. The lowest BCUT2D eigenvalue weighted by atomic mass is 10.1. The zero-order chi connectivity index (χ0) is 17.0. The van der Waals surface area contributed by atoms with Gasteiger partial charge in [0.05, 0.1) is 5.69 Å². The number of hydrogen-bond donors (Lipinski definition) is 1. The Labute approximate surface area is 136 Å². The van der Waals surface area contributed by atoms with Gasteiger partial charge in [-0.25, -0.2) is 0 Å². The van der Waals surface area contributed by atoms with Gasteiger partial charge in [-0.3, -0.25) is 9.59 Å². The molecule has 5 heteroatoms. The molecule has 0 saturated carbocycles. The van der Waals surface area contributed by atoms with Crippen LogP contribution in [0.1, 0.15) is 13.8 Å². The zero-order valence-corrected chi connectivity index (χ0v) is 14.0. The fourth-order valence-corrected chi connectivity index (χ4v) is 2.42. The van der Waals surface area contributed by atoms with Gasteiger partial charge in [-0.2, -0.15) is 0 Å². The molecule has 1 amide bonds. The van der Waals surface area contributed by atoms with E-state index in [9.17, 15) is 9.59 Å². The summed E-state index contributed by atoms with van der Waals surface area (Å²) in [5.41, 5.74) is 2.58. The van der Waals surface area contributed by atoms with Crippen LogP contribution in [-0.4, -0.2) is 30.6 Å². The van der Waals surface area contributed by atoms with Gasteiger partial charge in [0.15, 0.2) is 0 Å². The summed E-state index contributed by atoms with van der Waals surface area (Å²) < 4.78 is 1.45. The number of nitrogens with zero attached hydrogens (tertiary/aromatic N) is 2. The van der Waals surface area contributed by atoms with Gasteiger partial charge in [-0.05, 0) is 19.4 Å². The lowest BCUT2D eigenvalue weighted by Gasteiger charge is -2.19. The van der Waals surface area contributed by atoms with E-state index in [1.54, 1.807) is 12.3 Å². The third-order valence-electron chi connectivity index (χ3n) is 3.43. The van der Waals surface area contributed by atoms with Gasteiger partial charge < -0.3 is 14.8 Å². The van der Waals surface area contributed by atoms with E-state index < -0.39 is 0 Å². The van der Waals surface area contributed by atoms with Crippen molar-refractivity contribution >= 4 is 11.6 Å². The first kappa shape index (κ1) is 16.8. The van der Waals surface area contributed by atoms with E-state index in [2.05, 4.69) is 5.32 Å². The highest BCUT2D eigenvalue weighted by Gasteiger charge is 2.13. The Morgan fingerprint density at radius 1 is 1.22 bits per heavy atom. The highest BCUT2D eigenvalue weighted by atomic mass is 16.2. The molecule has 23 heavy (non-hydrogen) atoms. The first-order valence-electron chi connectivity index (χ1n) is 7.65. The molecule has 1 aromatic heterocycles. The Morgan fingerprint density at radius 2 is 1.87 bits per heavy atom. The first-order chi connectivity index (χ1) is 10.9. The molecule has 0 spiro atoms. The number of nitrogens with one attached hydrogen (secondary N) is 1. The van der Waals surface area contributed by atoms with Crippen LogP contribution in [0.25, 0.3) is 11.1 Å². The maximum absolute atomic E-state index is 12.3.